The number of thiophene rings is 1. The Morgan fingerprint density at radius 3 is 2.71 bits per heavy atom. The number of amides is 2. The van der Waals surface area contributed by atoms with Crippen molar-refractivity contribution >= 4 is 45.1 Å². The van der Waals surface area contributed by atoms with Gasteiger partial charge in [0.15, 0.2) is 0 Å². The lowest BCUT2D eigenvalue weighted by atomic mass is 10.3. The van der Waals surface area contributed by atoms with Crippen molar-refractivity contribution in [3.8, 4) is 0 Å². The van der Waals surface area contributed by atoms with Crippen LogP contribution in [-0.4, -0.2) is 48.7 Å². The first-order valence-electron chi connectivity index (χ1n) is 6.03. The average molecular weight is 379 g/mol. The fourth-order valence-electron chi connectivity index (χ4n) is 1.33. The van der Waals surface area contributed by atoms with Crippen molar-refractivity contribution in [3.63, 3.8) is 0 Å². The van der Waals surface area contributed by atoms with Crippen molar-refractivity contribution in [1.82, 2.24) is 10.6 Å². The molecule has 0 spiro atoms. The molecular weight excluding hydrogens is 364 g/mol. The van der Waals surface area contributed by atoms with Crippen molar-refractivity contribution in [2.75, 3.05) is 19.8 Å². The molecule has 1 unspecified atom stereocenters. The smallest absolute Gasteiger partial charge is 0.329 e. The molecule has 1 atom stereocenters. The largest absolute Gasteiger partial charge is 0.480 e. The Morgan fingerprint density at radius 2 is 2.14 bits per heavy atom. The number of hydrogen-bond donors (Lipinski definition) is 3. The highest BCUT2D eigenvalue weighted by atomic mass is 79.9. The lowest BCUT2D eigenvalue weighted by Crippen LogP contribution is -2.45. The van der Waals surface area contributed by atoms with E-state index >= 15 is 0 Å². The van der Waals surface area contributed by atoms with Gasteiger partial charge in [-0.15, -0.1) is 11.3 Å². The van der Waals surface area contributed by atoms with Crippen LogP contribution in [0, 0.1) is 0 Å². The van der Waals surface area contributed by atoms with E-state index in [1.165, 1.54) is 11.3 Å². The molecule has 0 aliphatic carbocycles. The van der Waals surface area contributed by atoms with Gasteiger partial charge in [-0.25, -0.2) is 4.79 Å². The summed E-state index contributed by atoms with van der Waals surface area (Å²) in [6, 6.07) is 2.72. The minimum absolute atomic E-state index is 0.0938. The van der Waals surface area contributed by atoms with Gasteiger partial charge in [-0.2, -0.15) is 0 Å². The van der Waals surface area contributed by atoms with Gasteiger partial charge in [0, 0.05) is 6.54 Å². The van der Waals surface area contributed by atoms with Crippen LogP contribution in [0.5, 0.6) is 0 Å². The van der Waals surface area contributed by atoms with Gasteiger partial charge in [0.05, 0.1) is 15.3 Å². The van der Waals surface area contributed by atoms with Crippen molar-refractivity contribution in [3.05, 3.63) is 20.8 Å². The van der Waals surface area contributed by atoms with Crippen LogP contribution in [-0.2, 0) is 14.3 Å². The molecule has 0 aromatic carbocycles. The number of halogens is 1. The van der Waals surface area contributed by atoms with Crippen LogP contribution in [0.1, 0.15) is 16.6 Å². The topological polar surface area (TPSA) is 105 Å². The third-order valence-electron chi connectivity index (χ3n) is 2.31. The molecule has 1 rings (SSSR count). The number of hydrogen-bond acceptors (Lipinski definition) is 5. The average Bonchev–Trinajstić information content (AvgIpc) is 2.84. The summed E-state index contributed by atoms with van der Waals surface area (Å²) in [7, 11) is 0. The number of carbonyl (C=O) groups excluding carboxylic acids is 2. The van der Waals surface area contributed by atoms with Crippen LogP contribution in [0.25, 0.3) is 0 Å². The van der Waals surface area contributed by atoms with Crippen LogP contribution in [0.4, 0.5) is 0 Å². The van der Waals surface area contributed by atoms with E-state index in [4.69, 9.17) is 9.84 Å². The van der Waals surface area contributed by atoms with E-state index in [1.54, 1.807) is 19.1 Å². The van der Waals surface area contributed by atoms with E-state index in [0.29, 0.717) is 4.88 Å². The first-order valence-corrected chi connectivity index (χ1v) is 7.64. The summed E-state index contributed by atoms with van der Waals surface area (Å²) in [5, 5.41) is 13.5. The van der Waals surface area contributed by atoms with Crippen LogP contribution in [0.2, 0.25) is 0 Å². The SMILES string of the molecule is CC(NC(=O)c1ccc(Br)s1)C(=O)NCCOCC(=O)O. The summed E-state index contributed by atoms with van der Waals surface area (Å²) >= 11 is 4.53. The molecule has 2 amide bonds. The van der Waals surface area contributed by atoms with Crippen LogP contribution in [0.15, 0.2) is 15.9 Å². The predicted molar refractivity (Wildman–Crippen MR) is 80.4 cm³/mol. The van der Waals surface area contributed by atoms with Gasteiger partial charge in [0.2, 0.25) is 5.91 Å². The summed E-state index contributed by atoms with van der Waals surface area (Å²) in [6.45, 7) is 1.43. The molecule has 1 heterocycles. The first-order chi connectivity index (χ1) is 9.90. The molecule has 0 aliphatic rings. The highest BCUT2D eigenvalue weighted by molar-refractivity contribution is 9.11. The molecule has 3 N–H and O–H groups in total. The number of ether oxygens (including phenoxy) is 1. The minimum Gasteiger partial charge on any atom is -0.480 e. The fourth-order valence-corrected chi connectivity index (χ4v) is 2.62. The molecule has 0 bridgehead atoms. The highest BCUT2D eigenvalue weighted by Gasteiger charge is 2.17. The third-order valence-corrected chi connectivity index (χ3v) is 3.93. The second kappa shape index (κ2) is 8.75. The highest BCUT2D eigenvalue weighted by Crippen LogP contribution is 2.21. The van der Waals surface area contributed by atoms with Crippen molar-refractivity contribution in [2.24, 2.45) is 0 Å². The number of nitrogens with one attached hydrogen (secondary N) is 2. The monoisotopic (exact) mass is 378 g/mol. The number of aliphatic carboxylic acids is 1. The van der Waals surface area contributed by atoms with E-state index in [9.17, 15) is 14.4 Å². The summed E-state index contributed by atoms with van der Waals surface area (Å²) in [5.41, 5.74) is 0. The zero-order valence-electron chi connectivity index (χ0n) is 11.2. The molecule has 9 heteroatoms. The Hall–Kier alpha value is -1.45. The molecule has 1 aromatic heterocycles. The zero-order valence-corrected chi connectivity index (χ0v) is 13.6. The van der Waals surface area contributed by atoms with Gasteiger partial charge in [0.1, 0.15) is 12.6 Å². The Kier molecular flexibility index (Phi) is 7.34. The third kappa shape index (κ3) is 6.69. The van der Waals surface area contributed by atoms with Gasteiger partial charge in [-0.1, -0.05) is 0 Å². The van der Waals surface area contributed by atoms with E-state index < -0.39 is 18.6 Å². The Bertz CT molecular complexity index is 520. The molecule has 0 aliphatic heterocycles. The van der Waals surface area contributed by atoms with E-state index in [0.717, 1.165) is 3.79 Å². The maximum absolute atomic E-state index is 11.8. The molecule has 0 saturated heterocycles. The Morgan fingerprint density at radius 1 is 1.43 bits per heavy atom. The molecule has 0 fully saturated rings. The van der Waals surface area contributed by atoms with Gasteiger partial charge < -0.3 is 20.5 Å². The van der Waals surface area contributed by atoms with E-state index in [-0.39, 0.29) is 25.0 Å². The van der Waals surface area contributed by atoms with Crippen LogP contribution >= 0.6 is 27.3 Å². The molecule has 0 radical (unpaired) electrons. The Labute approximate surface area is 133 Å². The lowest BCUT2D eigenvalue weighted by molar-refractivity contribution is -0.142. The summed E-state index contributed by atoms with van der Waals surface area (Å²) in [6.07, 6.45) is 0. The maximum atomic E-state index is 11.8. The normalized spacial score (nSPS) is 11.7. The van der Waals surface area contributed by atoms with Gasteiger partial charge >= 0.3 is 5.97 Å². The zero-order chi connectivity index (χ0) is 15.8. The standard InChI is InChI=1S/C12H15BrN2O5S/c1-7(11(18)14-4-5-20-6-10(16)17)15-12(19)8-2-3-9(13)21-8/h2-3,7H,4-6H2,1H3,(H,14,18)(H,15,19)(H,16,17). The van der Waals surface area contributed by atoms with Crippen molar-refractivity contribution < 1.29 is 24.2 Å². The molecule has 116 valence electrons. The molecule has 1 aromatic rings. The van der Waals surface area contributed by atoms with Gasteiger partial charge in [-0.05, 0) is 35.0 Å². The molecule has 7 nitrogen and oxygen atoms in total. The van der Waals surface area contributed by atoms with E-state index in [2.05, 4.69) is 26.6 Å². The first kappa shape index (κ1) is 17.6. The molecular formula is C12H15BrN2O5S. The summed E-state index contributed by atoms with van der Waals surface area (Å²) < 4.78 is 5.61. The summed E-state index contributed by atoms with van der Waals surface area (Å²) in [4.78, 5) is 34.2. The number of carboxylic acids is 1. The van der Waals surface area contributed by atoms with Crippen molar-refractivity contribution in [1.29, 1.82) is 0 Å². The molecule has 21 heavy (non-hydrogen) atoms. The maximum Gasteiger partial charge on any atom is 0.329 e. The van der Waals surface area contributed by atoms with Crippen LogP contribution < -0.4 is 10.6 Å². The lowest BCUT2D eigenvalue weighted by Gasteiger charge is -2.13. The second-order valence-corrected chi connectivity index (χ2v) is 6.50. The van der Waals surface area contributed by atoms with E-state index in [1.807, 2.05) is 0 Å². The fraction of sp³-hybridized carbons (Fsp3) is 0.417. The number of rotatable bonds is 8. The summed E-state index contributed by atoms with van der Waals surface area (Å²) in [5.74, 6) is -1.75. The molecule has 0 saturated carbocycles. The quantitative estimate of drug-likeness (QED) is 0.581. The van der Waals surface area contributed by atoms with Gasteiger partial charge in [-0.3, -0.25) is 9.59 Å². The number of carbonyl (C=O) groups is 3. The Balaban J connectivity index is 2.27. The second-order valence-electron chi connectivity index (χ2n) is 4.04. The number of carboxylic acid groups (broad SMARTS) is 1. The van der Waals surface area contributed by atoms with Crippen LogP contribution in [0.3, 0.4) is 0 Å². The predicted octanol–water partition coefficient (Wildman–Crippen LogP) is 0.846. The van der Waals surface area contributed by atoms with Gasteiger partial charge in [0.25, 0.3) is 5.91 Å². The minimum atomic E-state index is -1.07. The van der Waals surface area contributed by atoms with Crippen molar-refractivity contribution in [2.45, 2.75) is 13.0 Å².